The highest BCUT2D eigenvalue weighted by Crippen LogP contribution is 2.28. The zero-order valence-electron chi connectivity index (χ0n) is 15.8. The third-order valence-electron chi connectivity index (χ3n) is 4.89. The van der Waals surface area contributed by atoms with Gasteiger partial charge in [-0.15, -0.1) is 0 Å². The van der Waals surface area contributed by atoms with Gasteiger partial charge in [-0.3, -0.25) is 20.0 Å². The second kappa shape index (κ2) is 8.60. The Morgan fingerprint density at radius 1 is 1.11 bits per heavy atom. The normalized spacial score (nSPS) is 15.5. The molecule has 1 amide bonds. The van der Waals surface area contributed by atoms with Crippen molar-refractivity contribution in [1.29, 1.82) is 0 Å². The summed E-state index contributed by atoms with van der Waals surface area (Å²) in [5.74, 6) is -0.141. The first-order valence-corrected chi connectivity index (χ1v) is 10.2. The van der Waals surface area contributed by atoms with Crippen LogP contribution in [-0.2, 0) is 6.54 Å². The Labute approximate surface area is 168 Å². The smallest absolute Gasteiger partial charge is 0.257 e. The minimum Gasteiger partial charge on any atom is -0.304 e. The molecule has 1 aliphatic heterocycles. The van der Waals surface area contributed by atoms with Crippen LogP contribution in [0, 0.1) is 0 Å². The molecule has 0 saturated carbocycles. The lowest BCUT2D eigenvalue weighted by Gasteiger charge is -2.32. The minimum absolute atomic E-state index is 0.141. The molecule has 0 radical (unpaired) electrons. The van der Waals surface area contributed by atoms with Crippen LogP contribution in [0.3, 0.4) is 0 Å². The number of piperazine rings is 1. The van der Waals surface area contributed by atoms with Gasteiger partial charge in [-0.1, -0.05) is 29.5 Å². The Hall–Kier alpha value is -2.61. The van der Waals surface area contributed by atoms with Crippen LogP contribution in [-0.4, -0.2) is 58.9 Å². The average Bonchev–Trinajstić information content (AvgIpc) is 3.19. The molecule has 0 unspecified atom stereocenters. The molecule has 1 N–H and O–H groups in total. The van der Waals surface area contributed by atoms with E-state index in [2.05, 4.69) is 32.1 Å². The molecule has 0 spiro atoms. The third kappa shape index (κ3) is 4.62. The first-order valence-electron chi connectivity index (χ1n) is 9.35. The Balaban J connectivity index is 1.35. The number of pyridine rings is 1. The van der Waals surface area contributed by atoms with Crippen molar-refractivity contribution < 1.29 is 4.79 Å². The summed E-state index contributed by atoms with van der Waals surface area (Å²) in [5.41, 5.74) is 2.86. The Morgan fingerprint density at radius 2 is 1.89 bits per heavy atom. The van der Waals surface area contributed by atoms with Crippen molar-refractivity contribution in [2.45, 2.75) is 6.54 Å². The number of likely N-dealkylation sites (N-methyl/N-ethyl adjacent to an activating group) is 1. The second-order valence-electron chi connectivity index (χ2n) is 7.00. The van der Waals surface area contributed by atoms with Gasteiger partial charge in [0.25, 0.3) is 5.91 Å². The van der Waals surface area contributed by atoms with Crippen molar-refractivity contribution in [3.63, 3.8) is 0 Å². The van der Waals surface area contributed by atoms with Crippen molar-refractivity contribution >= 4 is 22.4 Å². The summed E-state index contributed by atoms with van der Waals surface area (Å²) in [6.07, 6.45) is 5.29. The van der Waals surface area contributed by atoms with Gasteiger partial charge in [0.05, 0.1) is 4.88 Å². The quantitative estimate of drug-likeness (QED) is 0.721. The summed E-state index contributed by atoms with van der Waals surface area (Å²) in [5, 5.41) is 3.47. The predicted molar refractivity (Wildman–Crippen MR) is 113 cm³/mol. The topological polar surface area (TPSA) is 61.4 Å². The molecule has 4 rings (SSSR count). The highest BCUT2D eigenvalue weighted by molar-refractivity contribution is 7.19. The molecule has 0 aliphatic carbocycles. The predicted octanol–water partition coefficient (Wildman–Crippen LogP) is 3.20. The fourth-order valence-electron chi connectivity index (χ4n) is 3.17. The van der Waals surface area contributed by atoms with Crippen LogP contribution in [0.15, 0.2) is 55.0 Å². The molecule has 3 aromatic rings. The first-order chi connectivity index (χ1) is 13.7. The number of thiazole rings is 1. The molecule has 144 valence electrons. The summed E-state index contributed by atoms with van der Waals surface area (Å²) < 4.78 is 0. The summed E-state index contributed by atoms with van der Waals surface area (Å²) in [4.78, 5) is 26.7. The van der Waals surface area contributed by atoms with Gasteiger partial charge in [0.2, 0.25) is 0 Å². The lowest BCUT2D eigenvalue weighted by Crippen LogP contribution is -2.43. The van der Waals surface area contributed by atoms with E-state index in [1.807, 2.05) is 36.4 Å². The van der Waals surface area contributed by atoms with E-state index < -0.39 is 0 Å². The number of nitrogens with one attached hydrogen (secondary N) is 1. The molecular weight excluding hydrogens is 370 g/mol. The summed E-state index contributed by atoms with van der Waals surface area (Å²) in [6.45, 7) is 5.31. The van der Waals surface area contributed by atoms with E-state index in [4.69, 9.17) is 0 Å². The lowest BCUT2D eigenvalue weighted by molar-refractivity contribution is 0.102. The number of hydrogen-bond donors (Lipinski definition) is 1. The van der Waals surface area contributed by atoms with Crippen LogP contribution in [0.25, 0.3) is 10.4 Å². The Bertz CT molecular complexity index is 917. The van der Waals surface area contributed by atoms with E-state index in [9.17, 15) is 4.79 Å². The molecule has 1 saturated heterocycles. The molecule has 0 bridgehead atoms. The van der Waals surface area contributed by atoms with E-state index in [-0.39, 0.29) is 5.91 Å². The number of nitrogens with zero attached hydrogens (tertiary/aromatic N) is 4. The SMILES string of the molecule is CN1CCN(Cc2ccc(C(=O)Nc3ncc(-c4cccnc4)s3)cc2)CC1. The van der Waals surface area contributed by atoms with Gasteiger partial charge < -0.3 is 4.90 Å². The molecule has 1 aromatic carbocycles. The molecule has 2 aromatic heterocycles. The van der Waals surface area contributed by atoms with Crippen LogP contribution in [0.1, 0.15) is 15.9 Å². The van der Waals surface area contributed by atoms with Crippen LogP contribution in [0.2, 0.25) is 0 Å². The summed E-state index contributed by atoms with van der Waals surface area (Å²) in [6, 6.07) is 11.7. The molecule has 0 atom stereocenters. The maximum atomic E-state index is 12.5. The Morgan fingerprint density at radius 3 is 2.61 bits per heavy atom. The largest absolute Gasteiger partial charge is 0.304 e. The number of anilines is 1. The van der Waals surface area contributed by atoms with Crippen LogP contribution in [0.5, 0.6) is 0 Å². The van der Waals surface area contributed by atoms with E-state index in [1.54, 1.807) is 18.6 Å². The molecule has 6 nitrogen and oxygen atoms in total. The molecule has 3 heterocycles. The fourth-order valence-corrected chi connectivity index (χ4v) is 3.97. The summed E-state index contributed by atoms with van der Waals surface area (Å²) in [7, 11) is 2.16. The van der Waals surface area contributed by atoms with E-state index in [0.717, 1.165) is 43.2 Å². The average molecular weight is 394 g/mol. The number of benzene rings is 1. The van der Waals surface area contributed by atoms with Crippen LogP contribution in [0.4, 0.5) is 5.13 Å². The molecular formula is C21H23N5OS. The van der Waals surface area contributed by atoms with Gasteiger partial charge in [-0.05, 0) is 30.8 Å². The van der Waals surface area contributed by atoms with Crippen LogP contribution < -0.4 is 5.32 Å². The van der Waals surface area contributed by atoms with Crippen molar-refractivity contribution in [2.24, 2.45) is 0 Å². The highest BCUT2D eigenvalue weighted by atomic mass is 32.1. The van der Waals surface area contributed by atoms with Gasteiger partial charge >= 0.3 is 0 Å². The molecule has 28 heavy (non-hydrogen) atoms. The van der Waals surface area contributed by atoms with E-state index >= 15 is 0 Å². The maximum absolute atomic E-state index is 12.5. The zero-order valence-corrected chi connectivity index (χ0v) is 16.7. The number of aromatic nitrogens is 2. The van der Waals surface area contributed by atoms with Gasteiger partial charge in [0, 0.05) is 62.4 Å². The standard InChI is InChI=1S/C21H23N5OS/c1-25-9-11-26(12-10-25)15-16-4-6-17(7-5-16)20(27)24-21-23-14-19(28-21)18-3-2-8-22-13-18/h2-8,13-14H,9-12,15H2,1H3,(H,23,24,27). The Kier molecular flexibility index (Phi) is 5.76. The van der Waals surface area contributed by atoms with Gasteiger partial charge in [0.1, 0.15) is 0 Å². The number of rotatable bonds is 5. The van der Waals surface area contributed by atoms with Crippen molar-refractivity contribution in [3.8, 4) is 10.4 Å². The number of carbonyl (C=O) groups excluding carboxylic acids is 1. The maximum Gasteiger partial charge on any atom is 0.257 e. The van der Waals surface area contributed by atoms with E-state index in [1.165, 1.54) is 16.9 Å². The van der Waals surface area contributed by atoms with Crippen LogP contribution >= 0.6 is 11.3 Å². The van der Waals surface area contributed by atoms with Gasteiger partial charge in [-0.2, -0.15) is 0 Å². The molecule has 1 aliphatic rings. The number of hydrogen-bond acceptors (Lipinski definition) is 6. The van der Waals surface area contributed by atoms with Crippen molar-refractivity contribution in [3.05, 3.63) is 66.1 Å². The highest BCUT2D eigenvalue weighted by Gasteiger charge is 2.14. The molecule has 1 fully saturated rings. The zero-order chi connectivity index (χ0) is 19.3. The number of amides is 1. The first kappa shape index (κ1) is 18.7. The molecule has 7 heteroatoms. The fraction of sp³-hybridized carbons (Fsp3) is 0.286. The van der Waals surface area contributed by atoms with E-state index in [0.29, 0.717) is 10.7 Å². The van der Waals surface area contributed by atoms with Crippen molar-refractivity contribution in [2.75, 3.05) is 38.5 Å². The third-order valence-corrected chi connectivity index (χ3v) is 5.85. The monoisotopic (exact) mass is 393 g/mol. The van der Waals surface area contributed by atoms with Crippen molar-refractivity contribution in [1.82, 2.24) is 19.8 Å². The summed E-state index contributed by atoms with van der Waals surface area (Å²) >= 11 is 1.44. The number of carbonyl (C=O) groups is 1. The van der Waals surface area contributed by atoms with Gasteiger partial charge in [-0.25, -0.2) is 4.98 Å². The van der Waals surface area contributed by atoms with Gasteiger partial charge in [0.15, 0.2) is 5.13 Å². The second-order valence-corrected chi connectivity index (χ2v) is 8.03. The minimum atomic E-state index is -0.141. The lowest BCUT2D eigenvalue weighted by atomic mass is 10.1.